The molecule has 0 saturated carbocycles. The Bertz CT molecular complexity index is 229. The van der Waals surface area contributed by atoms with Crippen LogP contribution < -0.4 is 5.73 Å². The van der Waals surface area contributed by atoms with Crippen molar-refractivity contribution in [3.63, 3.8) is 0 Å². The number of nitrogens with two attached hydrogens (primary N) is 1. The molecule has 0 bridgehead atoms. The van der Waals surface area contributed by atoms with Gasteiger partial charge in [-0.2, -0.15) is 5.10 Å². The van der Waals surface area contributed by atoms with Crippen molar-refractivity contribution < 1.29 is 0 Å². The minimum atomic E-state index is 0.426. The average molecular weight is 169 g/mol. The van der Waals surface area contributed by atoms with E-state index in [1.807, 2.05) is 14.1 Å². The zero-order valence-corrected chi connectivity index (χ0v) is 7.54. The molecule has 0 atom stereocenters. The van der Waals surface area contributed by atoms with Gasteiger partial charge in [0.15, 0.2) is 5.82 Å². The molecule has 0 fully saturated rings. The average Bonchev–Trinajstić information content (AvgIpc) is 2.48. The van der Waals surface area contributed by atoms with Gasteiger partial charge < -0.3 is 10.6 Å². The summed E-state index contributed by atoms with van der Waals surface area (Å²) < 4.78 is 0. The van der Waals surface area contributed by atoms with Crippen molar-refractivity contribution in [1.82, 2.24) is 20.1 Å². The predicted molar refractivity (Wildman–Crippen MR) is 46.5 cm³/mol. The van der Waals surface area contributed by atoms with Gasteiger partial charge in [0, 0.05) is 13.0 Å². The first-order valence-corrected chi connectivity index (χ1v) is 3.97. The van der Waals surface area contributed by atoms with Gasteiger partial charge in [0.2, 0.25) is 0 Å². The molecule has 1 rings (SSSR count). The number of hydrogen-bond donors (Lipinski definition) is 2. The maximum atomic E-state index is 5.37. The summed E-state index contributed by atoms with van der Waals surface area (Å²) in [5, 5.41) is 6.79. The normalized spacial score (nSPS) is 11.0. The van der Waals surface area contributed by atoms with E-state index < -0.39 is 0 Å². The first-order valence-electron chi connectivity index (χ1n) is 3.97. The van der Waals surface area contributed by atoms with Crippen molar-refractivity contribution in [3.05, 3.63) is 11.6 Å². The molecule has 0 saturated heterocycles. The van der Waals surface area contributed by atoms with Gasteiger partial charge in [0.25, 0.3) is 0 Å². The summed E-state index contributed by atoms with van der Waals surface area (Å²) in [5.74, 6) is 1.59. The van der Waals surface area contributed by atoms with Crippen LogP contribution in [-0.2, 0) is 13.0 Å². The molecule has 0 aliphatic carbocycles. The van der Waals surface area contributed by atoms with Crippen LogP contribution in [0.3, 0.4) is 0 Å². The van der Waals surface area contributed by atoms with Crippen molar-refractivity contribution in [2.75, 3.05) is 20.6 Å². The zero-order valence-electron chi connectivity index (χ0n) is 7.54. The second kappa shape index (κ2) is 4.18. The minimum Gasteiger partial charge on any atom is -0.324 e. The summed E-state index contributed by atoms with van der Waals surface area (Å²) in [5.41, 5.74) is 5.37. The molecule has 3 N–H and O–H groups in total. The van der Waals surface area contributed by atoms with Crippen molar-refractivity contribution in [1.29, 1.82) is 0 Å². The van der Waals surface area contributed by atoms with E-state index in [9.17, 15) is 0 Å². The van der Waals surface area contributed by atoms with Gasteiger partial charge in [0.1, 0.15) is 5.82 Å². The third kappa shape index (κ3) is 2.60. The maximum absolute atomic E-state index is 5.37. The molecule has 1 heterocycles. The van der Waals surface area contributed by atoms with Gasteiger partial charge >= 0.3 is 0 Å². The molecular formula is C7H15N5. The largest absolute Gasteiger partial charge is 0.324 e. The topological polar surface area (TPSA) is 70.8 Å². The van der Waals surface area contributed by atoms with Gasteiger partial charge in [-0.15, -0.1) is 0 Å². The Labute approximate surface area is 72.0 Å². The Morgan fingerprint density at radius 3 is 2.75 bits per heavy atom. The fourth-order valence-electron chi connectivity index (χ4n) is 0.862. The van der Waals surface area contributed by atoms with Gasteiger partial charge in [0.05, 0.1) is 6.54 Å². The number of rotatable bonds is 4. The fourth-order valence-corrected chi connectivity index (χ4v) is 0.862. The molecule has 1 aromatic rings. The van der Waals surface area contributed by atoms with Gasteiger partial charge in [-0.1, -0.05) is 0 Å². The smallest absolute Gasteiger partial charge is 0.152 e. The van der Waals surface area contributed by atoms with Crippen molar-refractivity contribution in [2.45, 2.75) is 13.0 Å². The lowest BCUT2D eigenvalue weighted by Gasteiger charge is -2.05. The Kier molecular flexibility index (Phi) is 3.19. The molecule has 0 aliphatic heterocycles. The molecule has 0 amide bonds. The van der Waals surface area contributed by atoms with Crippen LogP contribution in [0.2, 0.25) is 0 Å². The molecule has 0 aromatic carbocycles. The Morgan fingerprint density at radius 2 is 2.25 bits per heavy atom. The van der Waals surface area contributed by atoms with E-state index in [4.69, 9.17) is 5.73 Å². The minimum absolute atomic E-state index is 0.426. The highest BCUT2D eigenvalue weighted by Crippen LogP contribution is 1.93. The van der Waals surface area contributed by atoms with E-state index >= 15 is 0 Å². The summed E-state index contributed by atoms with van der Waals surface area (Å²) in [6.45, 7) is 1.39. The number of hydrogen-bond acceptors (Lipinski definition) is 4. The van der Waals surface area contributed by atoms with E-state index in [0.29, 0.717) is 6.54 Å². The maximum Gasteiger partial charge on any atom is 0.152 e. The monoisotopic (exact) mass is 169 g/mol. The second-order valence-corrected chi connectivity index (χ2v) is 2.96. The highest BCUT2D eigenvalue weighted by atomic mass is 15.2. The van der Waals surface area contributed by atoms with Crippen LogP contribution in [0.25, 0.3) is 0 Å². The summed E-state index contributed by atoms with van der Waals surface area (Å²) in [6, 6.07) is 0. The van der Waals surface area contributed by atoms with Crippen LogP contribution in [0, 0.1) is 0 Å². The first-order chi connectivity index (χ1) is 5.72. The highest BCUT2D eigenvalue weighted by Gasteiger charge is 2.01. The lowest BCUT2D eigenvalue weighted by Crippen LogP contribution is -2.15. The van der Waals surface area contributed by atoms with Gasteiger partial charge in [-0.25, -0.2) is 4.98 Å². The van der Waals surface area contributed by atoms with Crippen molar-refractivity contribution in [3.8, 4) is 0 Å². The summed E-state index contributed by atoms with van der Waals surface area (Å²) in [4.78, 5) is 6.28. The molecule has 0 aliphatic rings. The SMILES string of the molecule is CN(C)CCc1n[nH]c(CN)n1. The van der Waals surface area contributed by atoms with Gasteiger partial charge in [-0.05, 0) is 14.1 Å². The lowest BCUT2D eigenvalue weighted by molar-refractivity contribution is 0.409. The van der Waals surface area contributed by atoms with Crippen molar-refractivity contribution >= 4 is 0 Å². The van der Waals surface area contributed by atoms with E-state index in [0.717, 1.165) is 24.6 Å². The van der Waals surface area contributed by atoms with E-state index in [2.05, 4.69) is 20.1 Å². The molecular weight excluding hydrogens is 154 g/mol. The molecule has 0 spiro atoms. The Balaban J connectivity index is 2.41. The first kappa shape index (κ1) is 9.15. The second-order valence-electron chi connectivity index (χ2n) is 2.96. The standard InChI is InChI=1S/C7H15N5/c1-12(2)4-3-6-9-7(5-8)11-10-6/h3-5,8H2,1-2H3,(H,9,10,11). The quantitative estimate of drug-likeness (QED) is 0.629. The number of nitrogens with one attached hydrogen (secondary N) is 1. The summed E-state index contributed by atoms with van der Waals surface area (Å²) in [7, 11) is 4.05. The lowest BCUT2D eigenvalue weighted by atomic mass is 10.4. The number of H-pyrrole nitrogens is 1. The number of aromatic amines is 1. The third-order valence-corrected chi connectivity index (χ3v) is 1.55. The molecule has 5 nitrogen and oxygen atoms in total. The summed E-state index contributed by atoms with van der Waals surface area (Å²) in [6.07, 6.45) is 0.865. The highest BCUT2D eigenvalue weighted by molar-refractivity contribution is 4.89. The van der Waals surface area contributed by atoms with E-state index in [-0.39, 0.29) is 0 Å². The van der Waals surface area contributed by atoms with Crippen LogP contribution in [0.1, 0.15) is 11.6 Å². The van der Waals surface area contributed by atoms with Crippen LogP contribution in [0.15, 0.2) is 0 Å². The Morgan fingerprint density at radius 1 is 1.50 bits per heavy atom. The molecule has 68 valence electrons. The molecule has 0 unspecified atom stereocenters. The number of likely N-dealkylation sites (N-methyl/N-ethyl adjacent to an activating group) is 1. The van der Waals surface area contributed by atoms with Gasteiger partial charge in [-0.3, -0.25) is 5.10 Å². The molecule has 5 heteroatoms. The summed E-state index contributed by atoms with van der Waals surface area (Å²) >= 11 is 0. The van der Waals surface area contributed by atoms with Crippen LogP contribution in [0.5, 0.6) is 0 Å². The van der Waals surface area contributed by atoms with Crippen LogP contribution >= 0.6 is 0 Å². The van der Waals surface area contributed by atoms with E-state index in [1.165, 1.54) is 0 Å². The third-order valence-electron chi connectivity index (χ3n) is 1.55. The van der Waals surface area contributed by atoms with Crippen molar-refractivity contribution in [2.24, 2.45) is 5.73 Å². The Hall–Kier alpha value is -0.940. The molecule has 0 radical (unpaired) electrons. The zero-order chi connectivity index (χ0) is 8.97. The van der Waals surface area contributed by atoms with Crippen LogP contribution in [-0.4, -0.2) is 40.7 Å². The predicted octanol–water partition coefficient (Wildman–Crippen LogP) is -0.632. The number of aromatic nitrogens is 3. The number of nitrogens with zero attached hydrogens (tertiary/aromatic N) is 3. The fraction of sp³-hybridized carbons (Fsp3) is 0.714. The molecule has 1 aromatic heterocycles. The molecule has 12 heavy (non-hydrogen) atoms. The van der Waals surface area contributed by atoms with E-state index in [1.54, 1.807) is 0 Å². The van der Waals surface area contributed by atoms with Crippen LogP contribution in [0.4, 0.5) is 0 Å².